The van der Waals surface area contributed by atoms with Gasteiger partial charge < -0.3 is 13.7 Å². The van der Waals surface area contributed by atoms with E-state index in [0.29, 0.717) is 17.5 Å². The highest BCUT2D eigenvalue weighted by atomic mass is 15.1. The molecule has 0 saturated carbocycles. The van der Waals surface area contributed by atoms with Crippen LogP contribution in [-0.4, -0.2) is 28.7 Å². The molecule has 6 nitrogen and oxygen atoms in total. The van der Waals surface area contributed by atoms with E-state index < -0.39 is 16.2 Å². The molecule has 7 heterocycles. The standard InChI is InChI=1S/C96H62N6/c1-7-31-64(32-8-1)94(65-33-9-2-10-34-65)76-46-22-28-52-85(76)100-82-49-25-19-43-70(82)73-55-61(58-79(94)88(73)100)91-97-92(62-56-74-71-44-20-26-50-83(71)101-86-53-29-23-47-77(86)95(80(59-62)89(74)101,66-35-11-3-12-36-66)67-37-13-4-14-38-67)99-93(98-91)63-57-75-72-45-21-27-51-84(72)102-87-54-30-24-48-78(87)96(81(60-63)90(75)102,68-39-15-5-16-40-68)69-41-17-6-18-42-69/h1-17,19-41,43-60H,18,42H2. The molecule has 4 aromatic heterocycles. The summed E-state index contributed by atoms with van der Waals surface area (Å²) < 4.78 is 7.56. The number of aromatic nitrogens is 6. The zero-order valence-corrected chi connectivity index (χ0v) is 55.6. The van der Waals surface area contributed by atoms with Gasteiger partial charge in [-0.3, -0.25) is 0 Å². The zero-order valence-electron chi connectivity index (χ0n) is 55.6. The van der Waals surface area contributed by atoms with Gasteiger partial charge in [0.2, 0.25) is 0 Å². The summed E-state index contributed by atoms with van der Waals surface area (Å²) in [6.07, 6.45) is 8.81. The quantitative estimate of drug-likeness (QED) is 0.145. The van der Waals surface area contributed by atoms with E-state index in [4.69, 9.17) is 15.0 Å². The van der Waals surface area contributed by atoms with Gasteiger partial charge >= 0.3 is 0 Å². The first-order chi connectivity index (χ1) is 50.6. The van der Waals surface area contributed by atoms with Gasteiger partial charge in [0, 0.05) is 49.0 Å². The molecule has 0 radical (unpaired) electrons. The number of hydrogen-bond donors (Lipinski definition) is 0. The minimum atomic E-state index is -0.783. The van der Waals surface area contributed by atoms with Crippen molar-refractivity contribution in [3.05, 3.63) is 419 Å². The maximum absolute atomic E-state index is 6.05. The highest BCUT2D eigenvalue weighted by molar-refractivity contribution is 6.16. The summed E-state index contributed by atoms with van der Waals surface area (Å²) in [5, 5.41) is 6.87. The molecule has 0 N–H and O–H groups in total. The zero-order chi connectivity index (χ0) is 66.8. The maximum Gasteiger partial charge on any atom is 0.164 e. The van der Waals surface area contributed by atoms with E-state index in [2.05, 4.69) is 366 Å². The third-order valence-electron chi connectivity index (χ3n) is 23.1. The Morgan fingerprint density at radius 2 is 0.539 bits per heavy atom. The SMILES string of the molecule is C1=CCCC(C2(c3ccccc3)c3ccccc3-n3c4ccccc4c4cc(-c5nc(-c6cc7c8c(c6)c6ccccc6n8-c6ccccc6C7(c6ccccc6)c6ccccc6)nc(-c6cc7c8c(c6)c6ccccc6n8-c6ccccc6C7(c6ccccc6)c6ccccc6)n5)cc2c43)=C1. The van der Waals surface area contributed by atoms with Gasteiger partial charge in [0.25, 0.3) is 0 Å². The number of benzene rings is 14. The van der Waals surface area contributed by atoms with Crippen molar-refractivity contribution in [1.29, 1.82) is 0 Å². The molecule has 1 aliphatic carbocycles. The van der Waals surface area contributed by atoms with Crippen LogP contribution in [-0.2, 0) is 16.2 Å². The van der Waals surface area contributed by atoms with Crippen molar-refractivity contribution in [3.63, 3.8) is 0 Å². The number of allylic oxidation sites excluding steroid dienone is 4. The van der Waals surface area contributed by atoms with Crippen LogP contribution < -0.4 is 0 Å². The second-order valence-electron chi connectivity index (χ2n) is 27.9. The summed E-state index contributed by atoms with van der Waals surface area (Å²) in [6.45, 7) is 0. The van der Waals surface area contributed by atoms with Crippen LogP contribution in [0.1, 0.15) is 74.0 Å². The van der Waals surface area contributed by atoms with E-state index in [-0.39, 0.29) is 0 Å². The lowest BCUT2D eigenvalue weighted by Crippen LogP contribution is -2.36. The van der Waals surface area contributed by atoms with Crippen molar-refractivity contribution in [2.24, 2.45) is 0 Å². The Morgan fingerprint density at radius 3 is 0.873 bits per heavy atom. The van der Waals surface area contributed by atoms with Crippen LogP contribution in [0.2, 0.25) is 0 Å². The third-order valence-corrected chi connectivity index (χ3v) is 23.1. The van der Waals surface area contributed by atoms with Crippen molar-refractivity contribution in [2.45, 2.75) is 29.1 Å². The van der Waals surface area contributed by atoms with Crippen LogP contribution in [0.25, 0.3) is 117 Å². The van der Waals surface area contributed by atoms with Gasteiger partial charge in [-0.05, 0) is 147 Å². The molecule has 0 amide bonds. The van der Waals surface area contributed by atoms with Crippen LogP contribution in [0.15, 0.2) is 357 Å². The van der Waals surface area contributed by atoms with Crippen molar-refractivity contribution in [2.75, 3.05) is 0 Å². The Bertz CT molecular complexity index is 6260. The molecular weight excluding hydrogens is 1240 g/mol. The number of para-hydroxylation sites is 6. The lowest BCUT2D eigenvalue weighted by Gasteiger charge is -2.43. The summed E-state index contributed by atoms with van der Waals surface area (Å²) in [7, 11) is 0. The van der Waals surface area contributed by atoms with Crippen molar-refractivity contribution in [1.82, 2.24) is 28.7 Å². The lowest BCUT2D eigenvalue weighted by atomic mass is 9.61. The molecule has 0 saturated heterocycles. The Morgan fingerprint density at radius 1 is 0.255 bits per heavy atom. The second kappa shape index (κ2) is 21.5. The maximum atomic E-state index is 6.05. The Kier molecular flexibility index (Phi) is 12.0. The first-order valence-corrected chi connectivity index (χ1v) is 35.6. The topological polar surface area (TPSA) is 53.5 Å². The highest BCUT2D eigenvalue weighted by Gasteiger charge is 2.50. The number of fused-ring (bicyclic) bond motifs is 15. The summed E-state index contributed by atoms with van der Waals surface area (Å²) >= 11 is 0. The normalized spacial score (nSPS) is 15.8. The smallest absolute Gasteiger partial charge is 0.164 e. The third kappa shape index (κ3) is 7.49. The minimum absolute atomic E-state index is 0.578. The average molecular weight is 1300 g/mol. The van der Waals surface area contributed by atoms with Gasteiger partial charge in [-0.2, -0.15) is 0 Å². The van der Waals surface area contributed by atoms with Crippen LogP contribution in [0.3, 0.4) is 0 Å². The molecule has 0 fully saturated rings. The fourth-order valence-electron chi connectivity index (χ4n) is 19.2. The molecule has 0 bridgehead atoms. The Hall–Kier alpha value is -13.0. The van der Waals surface area contributed by atoms with E-state index in [0.717, 1.165) is 107 Å². The molecule has 102 heavy (non-hydrogen) atoms. The van der Waals surface area contributed by atoms with Crippen molar-refractivity contribution >= 4 is 65.4 Å². The molecular formula is C96H62N6. The monoisotopic (exact) mass is 1300 g/mol. The predicted octanol–water partition coefficient (Wildman–Crippen LogP) is 22.5. The molecule has 0 spiro atoms. The summed E-state index contributed by atoms with van der Waals surface area (Å²) in [5.74, 6) is 1.74. The van der Waals surface area contributed by atoms with Gasteiger partial charge in [0.05, 0.1) is 66.4 Å². The molecule has 6 heteroatoms. The molecule has 22 rings (SSSR count). The summed E-state index contributed by atoms with van der Waals surface area (Å²) in [6, 6.07) is 124. The summed E-state index contributed by atoms with van der Waals surface area (Å²) in [4.78, 5) is 18.1. The minimum Gasteiger partial charge on any atom is -0.309 e. The fraction of sp³-hybridized carbons (Fsp3) is 0.0521. The molecule has 1 atom stereocenters. The number of nitrogens with zero attached hydrogens (tertiary/aromatic N) is 6. The molecule has 476 valence electrons. The van der Waals surface area contributed by atoms with Crippen LogP contribution in [0, 0.1) is 0 Å². The van der Waals surface area contributed by atoms with E-state index in [1.54, 1.807) is 0 Å². The molecule has 14 aromatic carbocycles. The average Bonchev–Trinajstić information content (AvgIpc) is 1.41. The molecule has 3 aliphatic heterocycles. The molecule has 18 aromatic rings. The van der Waals surface area contributed by atoms with Crippen LogP contribution in [0.5, 0.6) is 0 Å². The first-order valence-electron chi connectivity index (χ1n) is 35.6. The second-order valence-corrected chi connectivity index (χ2v) is 27.9. The van der Waals surface area contributed by atoms with E-state index >= 15 is 0 Å². The van der Waals surface area contributed by atoms with Gasteiger partial charge in [-0.15, -0.1) is 0 Å². The fourth-order valence-corrected chi connectivity index (χ4v) is 19.2. The number of rotatable bonds is 9. The van der Waals surface area contributed by atoms with Gasteiger partial charge in [0.1, 0.15) is 0 Å². The van der Waals surface area contributed by atoms with Crippen LogP contribution in [0.4, 0.5) is 0 Å². The molecule has 4 aliphatic rings. The van der Waals surface area contributed by atoms with Crippen LogP contribution >= 0.6 is 0 Å². The Labute approximate surface area is 589 Å². The first kappa shape index (κ1) is 56.9. The summed E-state index contributed by atoms with van der Waals surface area (Å²) in [5.41, 5.74) is 25.3. The van der Waals surface area contributed by atoms with Gasteiger partial charge in [-0.25, -0.2) is 15.0 Å². The largest absolute Gasteiger partial charge is 0.309 e. The van der Waals surface area contributed by atoms with E-state index in [9.17, 15) is 0 Å². The van der Waals surface area contributed by atoms with E-state index in [1.165, 1.54) is 72.2 Å². The highest BCUT2D eigenvalue weighted by Crippen LogP contribution is 2.60. The van der Waals surface area contributed by atoms with Crippen molar-refractivity contribution < 1.29 is 0 Å². The lowest BCUT2D eigenvalue weighted by molar-refractivity contribution is 0.666. The van der Waals surface area contributed by atoms with Crippen molar-refractivity contribution in [3.8, 4) is 51.2 Å². The molecule has 1 unspecified atom stereocenters. The van der Waals surface area contributed by atoms with E-state index in [1.807, 2.05) is 0 Å². The Balaban J connectivity index is 0.904. The van der Waals surface area contributed by atoms with Gasteiger partial charge in [-0.1, -0.05) is 285 Å². The van der Waals surface area contributed by atoms with Gasteiger partial charge in [0.15, 0.2) is 17.5 Å². The number of hydrogen-bond acceptors (Lipinski definition) is 3. The predicted molar refractivity (Wildman–Crippen MR) is 416 cm³/mol.